The zero-order valence-electron chi connectivity index (χ0n) is 12.8. The summed E-state index contributed by atoms with van der Waals surface area (Å²) in [5, 5.41) is 22.1. The van der Waals surface area contributed by atoms with Gasteiger partial charge in [-0.05, 0) is 26.2 Å². The lowest BCUT2D eigenvalue weighted by Gasteiger charge is -2.20. The Morgan fingerprint density at radius 3 is 2.32 bits per heavy atom. The van der Waals surface area contributed by atoms with Gasteiger partial charge in [-0.15, -0.1) is 0 Å². The van der Waals surface area contributed by atoms with E-state index in [0.717, 1.165) is 6.42 Å². The molecule has 2 atom stereocenters. The van der Waals surface area contributed by atoms with Gasteiger partial charge in [0.1, 0.15) is 0 Å². The SMILES string of the molecule is CC(C)CC(CO)NCC(O)COCCOC(C)C. The zero-order chi connectivity index (χ0) is 14.7. The first-order chi connectivity index (χ1) is 8.95. The molecule has 3 N–H and O–H groups in total. The molecule has 0 bridgehead atoms. The molecule has 2 unspecified atom stereocenters. The van der Waals surface area contributed by atoms with Crippen LogP contribution in [0.15, 0.2) is 0 Å². The highest BCUT2D eigenvalue weighted by atomic mass is 16.5. The minimum absolute atomic E-state index is 0.0407. The number of hydrogen-bond acceptors (Lipinski definition) is 5. The van der Waals surface area contributed by atoms with Crippen LogP contribution in [0.25, 0.3) is 0 Å². The summed E-state index contributed by atoms with van der Waals surface area (Å²) in [6.45, 7) is 10.0. The lowest BCUT2D eigenvalue weighted by atomic mass is 10.0. The van der Waals surface area contributed by atoms with Gasteiger partial charge in [0.15, 0.2) is 0 Å². The largest absolute Gasteiger partial charge is 0.395 e. The Morgan fingerprint density at radius 1 is 1.11 bits per heavy atom. The first-order valence-electron chi connectivity index (χ1n) is 7.17. The fraction of sp³-hybridized carbons (Fsp3) is 1.00. The number of nitrogens with one attached hydrogen (secondary N) is 1. The van der Waals surface area contributed by atoms with Crippen molar-refractivity contribution in [1.29, 1.82) is 0 Å². The van der Waals surface area contributed by atoms with Gasteiger partial charge in [-0.1, -0.05) is 13.8 Å². The van der Waals surface area contributed by atoms with E-state index in [2.05, 4.69) is 19.2 Å². The topological polar surface area (TPSA) is 71.0 Å². The highest BCUT2D eigenvalue weighted by molar-refractivity contribution is 4.69. The molecule has 0 fully saturated rings. The maximum absolute atomic E-state index is 9.73. The van der Waals surface area contributed by atoms with Crippen LogP contribution in [-0.4, -0.2) is 61.4 Å². The second-order valence-electron chi connectivity index (χ2n) is 5.57. The van der Waals surface area contributed by atoms with Gasteiger partial charge in [0.25, 0.3) is 0 Å². The van der Waals surface area contributed by atoms with E-state index in [4.69, 9.17) is 9.47 Å². The van der Waals surface area contributed by atoms with E-state index in [1.54, 1.807) is 0 Å². The van der Waals surface area contributed by atoms with Crippen molar-refractivity contribution in [2.45, 2.75) is 52.4 Å². The van der Waals surface area contributed by atoms with Crippen LogP contribution in [0, 0.1) is 5.92 Å². The molecule has 0 amide bonds. The van der Waals surface area contributed by atoms with E-state index in [9.17, 15) is 10.2 Å². The summed E-state index contributed by atoms with van der Waals surface area (Å²) in [7, 11) is 0. The molecule has 0 rings (SSSR count). The van der Waals surface area contributed by atoms with E-state index in [0.29, 0.717) is 25.7 Å². The Hall–Kier alpha value is -0.200. The highest BCUT2D eigenvalue weighted by Gasteiger charge is 2.11. The number of aliphatic hydroxyl groups is 2. The van der Waals surface area contributed by atoms with Crippen LogP contribution < -0.4 is 5.32 Å². The molecule has 0 radical (unpaired) electrons. The van der Waals surface area contributed by atoms with E-state index in [1.807, 2.05) is 13.8 Å². The molecule has 0 heterocycles. The van der Waals surface area contributed by atoms with Crippen molar-refractivity contribution in [3.05, 3.63) is 0 Å². The standard InChI is InChI=1S/C14H31NO4/c1-11(2)7-13(9-16)15-8-14(17)10-18-5-6-19-12(3)4/h11-17H,5-10H2,1-4H3. The van der Waals surface area contributed by atoms with Crippen molar-refractivity contribution in [1.82, 2.24) is 5.32 Å². The monoisotopic (exact) mass is 277 g/mol. The quantitative estimate of drug-likeness (QED) is 0.460. The van der Waals surface area contributed by atoms with E-state index in [-0.39, 0.29) is 25.4 Å². The second kappa shape index (κ2) is 11.6. The molecule has 0 saturated carbocycles. The average molecular weight is 277 g/mol. The molecule has 0 aliphatic heterocycles. The molecule has 0 aromatic carbocycles. The minimum Gasteiger partial charge on any atom is -0.395 e. The number of aliphatic hydroxyl groups excluding tert-OH is 2. The molecule has 5 nitrogen and oxygen atoms in total. The van der Waals surface area contributed by atoms with Gasteiger partial charge in [-0.3, -0.25) is 0 Å². The fourth-order valence-corrected chi connectivity index (χ4v) is 1.72. The number of rotatable bonds is 12. The van der Waals surface area contributed by atoms with Crippen LogP contribution in [0.1, 0.15) is 34.1 Å². The van der Waals surface area contributed by atoms with Crippen LogP contribution >= 0.6 is 0 Å². The fourth-order valence-electron chi connectivity index (χ4n) is 1.72. The van der Waals surface area contributed by atoms with Crippen molar-refractivity contribution in [3.63, 3.8) is 0 Å². The molecule has 0 aromatic rings. The van der Waals surface area contributed by atoms with Crippen LogP contribution in [-0.2, 0) is 9.47 Å². The normalized spacial score (nSPS) is 15.2. The summed E-state index contributed by atoms with van der Waals surface area (Å²) in [5.74, 6) is 0.520. The smallest absolute Gasteiger partial charge is 0.0897 e. The molecular formula is C14H31NO4. The summed E-state index contributed by atoms with van der Waals surface area (Å²) in [4.78, 5) is 0. The maximum Gasteiger partial charge on any atom is 0.0897 e. The second-order valence-corrected chi connectivity index (χ2v) is 5.57. The Labute approximate surface area is 117 Å². The maximum atomic E-state index is 9.73. The van der Waals surface area contributed by atoms with Crippen molar-refractivity contribution >= 4 is 0 Å². The van der Waals surface area contributed by atoms with Crippen molar-refractivity contribution in [3.8, 4) is 0 Å². The predicted molar refractivity (Wildman–Crippen MR) is 76.2 cm³/mol. The van der Waals surface area contributed by atoms with Crippen LogP contribution in [0.2, 0.25) is 0 Å². The molecule has 0 spiro atoms. The van der Waals surface area contributed by atoms with Gasteiger partial charge in [0, 0.05) is 12.6 Å². The van der Waals surface area contributed by atoms with Gasteiger partial charge in [-0.25, -0.2) is 0 Å². The summed E-state index contributed by atoms with van der Waals surface area (Å²) in [6, 6.07) is 0.0407. The van der Waals surface area contributed by atoms with Crippen LogP contribution in [0.3, 0.4) is 0 Å². The molecule has 116 valence electrons. The van der Waals surface area contributed by atoms with E-state index < -0.39 is 6.10 Å². The minimum atomic E-state index is -0.555. The number of hydrogen-bond donors (Lipinski definition) is 3. The van der Waals surface area contributed by atoms with Crippen LogP contribution in [0.5, 0.6) is 0 Å². The third-order valence-electron chi connectivity index (χ3n) is 2.61. The average Bonchev–Trinajstić information content (AvgIpc) is 2.33. The Kier molecular flexibility index (Phi) is 11.5. The Bertz CT molecular complexity index is 200. The summed E-state index contributed by atoms with van der Waals surface area (Å²) >= 11 is 0. The molecule has 0 saturated heterocycles. The first-order valence-corrected chi connectivity index (χ1v) is 7.17. The van der Waals surface area contributed by atoms with Gasteiger partial charge >= 0.3 is 0 Å². The summed E-state index contributed by atoms with van der Waals surface area (Å²) in [5.41, 5.74) is 0. The predicted octanol–water partition coefficient (Wildman–Crippen LogP) is 0.786. The molecule has 0 aromatic heterocycles. The van der Waals surface area contributed by atoms with Gasteiger partial charge in [0.2, 0.25) is 0 Å². The molecule has 0 aliphatic carbocycles. The van der Waals surface area contributed by atoms with Gasteiger partial charge in [-0.2, -0.15) is 0 Å². The molecule has 0 aliphatic rings. The lowest BCUT2D eigenvalue weighted by Crippen LogP contribution is -2.40. The van der Waals surface area contributed by atoms with Crippen LogP contribution in [0.4, 0.5) is 0 Å². The zero-order valence-corrected chi connectivity index (χ0v) is 12.8. The van der Waals surface area contributed by atoms with E-state index in [1.165, 1.54) is 0 Å². The third-order valence-corrected chi connectivity index (χ3v) is 2.61. The van der Waals surface area contributed by atoms with E-state index >= 15 is 0 Å². The lowest BCUT2D eigenvalue weighted by molar-refractivity contribution is -0.0110. The van der Waals surface area contributed by atoms with Gasteiger partial charge < -0.3 is 25.0 Å². The highest BCUT2D eigenvalue weighted by Crippen LogP contribution is 2.04. The third kappa shape index (κ3) is 12.6. The summed E-state index contributed by atoms with van der Waals surface area (Å²) in [6.07, 6.45) is 0.545. The van der Waals surface area contributed by atoms with Gasteiger partial charge in [0.05, 0.1) is 38.6 Å². The molecule has 19 heavy (non-hydrogen) atoms. The Balaban J connectivity index is 3.54. The summed E-state index contributed by atoms with van der Waals surface area (Å²) < 4.78 is 10.6. The molecular weight excluding hydrogens is 246 g/mol. The van der Waals surface area contributed by atoms with Crippen molar-refractivity contribution in [2.24, 2.45) is 5.92 Å². The van der Waals surface area contributed by atoms with Crippen molar-refractivity contribution in [2.75, 3.05) is 33.0 Å². The first kappa shape index (κ1) is 18.8. The molecule has 5 heteroatoms. The Morgan fingerprint density at radius 2 is 1.79 bits per heavy atom. The number of ether oxygens (including phenoxy) is 2. The van der Waals surface area contributed by atoms with Crippen molar-refractivity contribution < 1.29 is 19.7 Å².